The van der Waals surface area contributed by atoms with Gasteiger partial charge in [-0.25, -0.2) is 4.79 Å². The Morgan fingerprint density at radius 3 is 2.15 bits per heavy atom. The highest BCUT2D eigenvalue weighted by molar-refractivity contribution is 7.09. The lowest BCUT2D eigenvalue weighted by Crippen LogP contribution is -2.51. The van der Waals surface area contributed by atoms with Crippen molar-refractivity contribution < 1.29 is 19.4 Å². The molecule has 0 spiro atoms. The molecule has 0 aliphatic carbocycles. The number of hydrogen-bond donors (Lipinski definition) is 3. The summed E-state index contributed by atoms with van der Waals surface area (Å²) in [6.45, 7) is 1.45. The predicted octanol–water partition coefficient (Wildman–Crippen LogP) is 3.12. The summed E-state index contributed by atoms with van der Waals surface area (Å²) in [7, 11) is 0. The van der Waals surface area contributed by atoms with Crippen LogP contribution in [0.25, 0.3) is 0 Å². The molecule has 7 nitrogen and oxygen atoms in total. The molecule has 0 aliphatic heterocycles. The van der Waals surface area contributed by atoms with Crippen LogP contribution >= 0.6 is 11.3 Å². The Morgan fingerprint density at radius 2 is 1.64 bits per heavy atom. The van der Waals surface area contributed by atoms with Gasteiger partial charge in [0.25, 0.3) is 0 Å². The van der Waals surface area contributed by atoms with Crippen molar-refractivity contribution in [2.24, 2.45) is 11.7 Å². The maximum absolute atomic E-state index is 12.1. The van der Waals surface area contributed by atoms with Crippen molar-refractivity contribution in [3.63, 3.8) is 0 Å². The monoisotopic (exact) mass is 467 g/mol. The van der Waals surface area contributed by atoms with E-state index in [2.05, 4.69) is 10.3 Å². The van der Waals surface area contributed by atoms with Crippen LogP contribution in [0.5, 0.6) is 0 Å². The molecular weight excluding hydrogens is 438 g/mol. The van der Waals surface area contributed by atoms with Gasteiger partial charge in [0.15, 0.2) is 0 Å². The van der Waals surface area contributed by atoms with Gasteiger partial charge in [0, 0.05) is 36.4 Å². The molecule has 3 aromatic rings. The summed E-state index contributed by atoms with van der Waals surface area (Å²) in [5.74, 6) is -0.657. The average molecular weight is 468 g/mol. The van der Waals surface area contributed by atoms with Gasteiger partial charge in [0.05, 0.1) is 11.6 Å². The summed E-state index contributed by atoms with van der Waals surface area (Å²) in [6, 6.07) is 18.8. The Balaban J connectivity index is 1.93. The van der Waals surface area contributed by atoms with E-state index in [0.717, 1.165) is 16.0 Å². The second-order valence-corrected chi connectivity index (χ2v) is 8.96. The largest absolute Gasteiger partial charge is 0.443 e. The fourth-order valence-corrected chi connectivity index (χ4v) is 4.69. The molecule has 3 rings (SSSR count). The Bertz CT molecular complexity index is 999. The quantitative estimate of drug-likeness (QED) is 0.401. The molecule has 0 saturated carbocycles. The van der Waals surface area contributed by atoms with E-state index < -0.39 is 30.3 Å². The molecule has 8 heteroatoms. The van der Waals surface area contributed by atoms with Crippen molar-refractivity contribution in [1.82, 2.24) is 10.3 Å². The highest BCUT2D eigenvalue weighted by Gasteiger charge is 2.36. The van der Waals surface area contributed by atoms with Crippen molar-refractivity contribution >= 4 is 23.3 Å². The lowest BCUT2D eigenvalue weighted by molar-refractivity contribution is -0.120. The lowest BCUT2D eigenvalue weighted by Gasteiger charge is -2.35. The van der Waals surface area contributed by atoms with Gasteiger partial charge in [0.1, 0.15) is 6.10 Å². The van der Waals surface area contributed by atoms with Gasteiger partial charge < -0.3 is 20.9 Å². The summed E-state index contributed by atoms with van der Waals surface area (Å²) in [4.78, 5) is 28.9. The molecule has 4 atom stereocenters. The average Bonchev–Trinajstić information content (AvgIpc) is 3.30. The number of carbonyl (C=O) groups is 2. The molecule has 2 aromatic carbocycles. The van der Waals surface area contributed by atoms with E-state index in [1.54, 1.807) is 11.7 Å². The minimum atomic E-state index is -1.08. The number of nitrogens with zero attached hydrogens (tertiary/aromatic N) is 1. The van der Waals surface area contributed by atoms with E-state index in [4.69, 9.17) is 10.5 Å². The molecule has 4 N–H and O–H groups in total. The van der Waals surface area contributed by atoms with Crippen LogP contribution in [0, 0.1) is 5.92 Å². The van der Waals surface area contributed by atoms with Gasteiger partial charge in [0.2, 0.25) is 5.91 Å². The number of nitrogens with one attached hydrogen (secondary N) is 1. The highest BCUT2D eigenvalue weighted by Crippen LogP contribution is 2.26. The number of aliphatic hydroxyl groups excluding tert-OH is 1. The third-order valence-corrected chi connectivity index (χ3v) is 6.29. The normalized spacial score (nSPS) is 14.6. The molecule has 174 valence electrons. The number of aromatic nitrogens is 1. The van der Waals surface area contributed by atoms with E-state index in [1.165, 1.54) is 18.3 Å². The number of nitrogens with two attached hydrogens (primary N) is 1. The summed E-state index contributed by atoms with van der Waals surface area (Å²) < 4.78 is 5.39. The smallest absolute Gasteiger partial charge is 0.404 e. The van der Waals surface area contributed by atoms with Crippen LogP contribution in [0.15, 0.2) is 72.4 Å². The van der Waals surface area contributed by atoms with E-state index in [1.807, 2.05) is 60.7 Å². The lowest BCUT2D eigenvalue weighted by atomic mass is 9.82. The van der Waals surface area contributed by atoms with Gasteiger partial charge >= 0.3 is 6.09 Å². The Morgan fingerprint density at radius 1 is 1.03 bits per heavy atom. The summed E-state index contributed by atoms with van der Waals surface area (Å²) in [5, 5.41) is 14.5. The number of carbonyl (C=O) groups excluding carboxylic acids is 2. The highest BCUT2D eigenvalue weighted by atomic mass is 32.1. The first-order chi connectivity index (χ1) is 15.9. The van der Waals surface area contributed by atoms with E-state index in [9.17, 15) is 14.7 Å². The fraction of sp³-hybridized carbons (Fsp3) is 0.320. The molecule has 33 heavy (non-hydrogen) atoms. The number of thiazole rings is 1. The molecular formula is C25H29N3O4S. The molecule has 0 bridgehead atoms. The van der Waals surface area contributed by atoms with Gasteiger partial charge in [-0.3, -0.25) is 9.78 Å². The Kier molecular flexibility index (Phi) is 8.97. The minimum absolute atomic E-state index is 0.201. The van der Waals surface area contributed by atoms with E-state index >= 15 is 0 Å². The van der Waals surface area contributed by atoms with Crippen LogP contribution in [0.4, 0.5) is 4.79 Å². The van der Waals surface area contributed by atoms with E-state index in [0.29, 0.717) is 19.3 Å². The van der Waals surface area contributed by atoms with Crippen LogP contribution < -0.4 is 11.1 Å². The summed E-state index contributed by atoms with van der Waals surface area (Å²) in [6.07, 6.45) is 0.0918. The molecule has 0 saturated heterocycles. The topological polar surface area (TPSA) is 115 Å². The number of rotatable bonds is 11. The first kappa shape index (κ1) is 24.4. The molecule has 1 aromatic heterocycles. The van der Waals surface area contributed by atoms with Crippen molar-refractivity contribution in [1.29, 1.82) is 0 Å². The van der Waals surface area contributed by atoms with Gasteiger partial charge in [-0.1, -0.05) is 60.7 Å². The number of ether oxygens (including phenoxy) is 1. The predicted molar refractivity (Wildman–Crippen MR) is 128 cm³/mol. The molecule has 1 heterocycles. The second kappa shape index (κ2) is 12.1. The first-order valence-corrected chi connectivity index (χ1v) is 11.7. The molecule has 0 aliphatic rings. The minimum Gasteiger partial charge on any atom is -0.443 e. The van der Waals surface area contributed by atoms with Gasteiger partial charge in [-0.05, 0) is 24.0 Å². The van der Waals surface area contributed by atoms with Gasteiger partial charge in [-0.15, -0.1) is 11.3 Å². The zero-order valence-electron chi connectivity index (χ0n) is 18.5. The SMILES string of the molecule is CC(=O)N[C@@H](Cc1ccccc1)C(Cc1cncs1)[C@H](O)[C@H](Cc1ccccc1)OC(N)=O. The number of amides is 2. The number of primary amides is 1. The summed E-state index contributed by atoms with van der Waals surface area (Å²) in [5.41, 5.74) is 9.00. The molecule has 0 fully saturated rings. The van der Waals surface area contributed by atoms with Crippen molar-refractivity contribution in [3.05, 3.63) is 88.4 Å². The van der Waals surface area contributed by atoms with Crippen molar-refractivity contribution in [2.75, 3.05) is 0 Å². The second-order valence-electron chi connectivity index (χ2n) is 7.99. The molecule has 0 radical (unpaired) electrons. The third-order valence-electron chi connectivity index (χ3n) is 5.49. The first-order valence-electron chi connectivity index (χ1n) is 10.8. The van der Waals surface area contributed by atoms with Crippen LogP contribution in [-0.2, 0) is 28.8 Å². The van der Waals surface area contributed by atoms with E-state index in [-0.39, 0.29) is 5.91 Å². The third kappa shape index (κ3) is 7.69. The zero-order chi connectivity index (χ0) is 23.6. The van der Waals surface area contributed by atoms with Crippen LogP contribution in [-0.4, -0.2) is 40.3 Å². The molecule has 1 unspecified atom stereocenters. The Hall–Kier alpha value is -3.23. The number of benzene rings is 2. The summed E-state index contributed by atoms with van der Waals surface area (Å²) >= 11 is 1.47. The maximum Gasteiger partial charge on any atom is 0.404 e. The zero-order valence-corrected chi connectivity index (χ0v) is 19.3. The van der Waals surface area contributed by atoms with Gasteiger partial charge in [-0.2, -0.15) is 0 Å². The number of aliphatic hydroxyl groups is 1. The molecule has 2 amide bonds. The van der Waals surface area contributed by atoms with Crippen LogP contribution in [0.3, 0.4) is 0 Å². The fourth-order valence-electron chi connectivity index (χ4n) is 4.02. The maximum atomic E-state index is 12.1. The van der Waals surface area contributed by atoms with Crippen LogP contribution in [0.1, 0.15) is 22.9 Å². The standard InChI is InChI=1S/C25H29N3O4S/c1-17(29)28-22(12-18-8-4-2-5-9-18)21(14-20-15-27-16-33-20)24(30)23(32-25(26)31)13-19-10-6-3-7-11-19/h2-11,15-16,21-24,30H,12-14H2,1H3,(H2,26,31)(H,28,29)/t21?,22-,23-,24-/m0/s1. The van der Waals surface area contributed by atoms with Crippen molar-refractivity contribution in [3.8, 4) is 0 Å². The van der Waals surface area contributed by atoms with Crippen molar-refractivity contribution in [2.45, 2.75) is 44.4 Å². The Labute approximate surface area is 197 Å². The van der Waals surface area contributed by atoms with Crippen LogP contribution in [0.2, 0.25) is 0 Å². The number of hydrogen-bond acceptors (Lipinski definition) is 6.